The molecule has 1 aromatic heterocycles. The largest absolute Gasteiger partial charge is 0.493 e. The van der Waals surface area contributed by atoms with Crippen LogP contribution >= 0.6 is 11.3 Å². The first-order valence-corrected chi connectivity index (χ1v) is 12.3. The van der Waals surface area contributed by atoms with Crippen LogP contribution in [-0.4, -0.2) is 61.2 Å². The number of morpholine rings is 1. The summed E-state index contributed by atoms with van der Waals surface area (Å²) in [7, 11) is 0. The Labute approximate surface area is 204 Å². The number of alkyl carbamates (subject to hydrolysis) is 1. The molecule has 0 radical (unpaired) electrons. The minimum absolute atomic E-state index is 0.0121. The van der Waals surface area contributed by atoms with Crippen LogP contribution in [0.3, 0.4) is 0 Å². The van der Waals surface area contributed by atoms with Crippen molar-refractivity contribution in [3.05, 3.63) is 39.9 Å². The molecule has 9 nitrogen and oxygen atoms in total. The number of carboxylic acid groups (broad SMARTS) is 1. The maximum atomic E-state index is 11.9. The van der Waals surface area contributed by atoms with Gasteiger partial charge >= 0.3 is 12.1 Å². The predicted molar refractivity (Wildman–Crippen MR) is 130 cm³/mol. The first-order valence-electron chi connectivity index (χ1n) is 11.5. The zero-order chi connectivity index (χ0) is 24.5. The topological polar surface area (TPSA) is 110 Å². The summed E-state index contributed by atoms with van der Waals surface area (Å²) in [5.41, 5.74) is 2.69. The summed E-state index contributed by atoms with van der Waals surface area (Å²) in [5.74, 6) is -0.206. The summed E-state index contributed by atoms with van der Waals surface area (Å²) in [4.78, 5) is 31.1. The lowest BCUT2D eigenvalue weighted by molar-refractivity contribution is -0.136. The smallest absolute Gasteiger partial charge is 0.407 e. The minimum Gasteiger partial charge on any atom is -0.493 e. The Balaban J connectivity index is 1.60. The van der Waals surface area contributed by atoms with Gasteiger partial charge in [-0.1, -0.05) is 6.07 Å². The normalized spacial score (nSPS) is 13.7. The highest BCUT2D eigenvalue weighted by Gasteiger charge is 2.17. The lowest BCUT2D eigenvalue weighted by Gasteiger charge is -2.26. The molecule has 1 amide bonds. The maximum absolute atomic E-state index is 11.9. The molecule has 2 N–H and O–H groups in total. The molecule has 3 rings (SSSR count). The first kappa shape index (κ1) is 25.8. The van der Waals surface area contributed by atoms with E-state index in [0.717, 1.165) is 48.3 Å². The van der Waals surface area contributed by atoms with Gasteiger partial charge in [0.1, 0.15) is 5.75 Å². The van der Waals surface area contributed by atoms with E-state index < -0.39 is 12.1 Å². The third-order valence-corrected chi connectivity index (χ3v) is 6.40. The van der Waals surface area contributed by atoms with Crippen LogP contribution in [0, 0.1) is 6.92 Å². The molecule has 34 heavy (non-hydrogen) atoms. The molecular weight excluding hydrogens is 458 g/mol. The number of rotatable bonds is 11. The molecule has 1 saturated heterocycles. The van der Waals surface area contributed by atoms with Crippen LogP contribution in [0.5, 0.6) is 5.75 Å². The number of aryl methyl sites for hydroxylation is 2. The molecule has 10 heteroatoms. The summed E-state index contributed by atoms with van der Waals surface area (Å²) in [6, 6.07) is 5.54. The van der Waals surface area contributed by atoms with Crippen molar-refractivity contribution in [2.24, 2.45) is 0 Å². The van der Waals surface area contributed by atoms with Crippen molar-refractivity contribution in [3.63, 3.8) is 0 Å². The number of benzene rings is 1. The van der Waals surface area contributed by atoms with E-state index in [1.165, 1.54) is 4.88 Å². The van der Waals surface area contributed by atoms with Gasteiger partial charge in [0, 0.05) is 37.4 Å². The van der Waals surface area contributed by atoms with Crippen molar-refractivity contribution in [2.75, 3.05) is 37.8 Å². The van der Waals surface area contributed by atoms with Crippen molar-refractivity contribution >= 4 is 28.5 Å². The maximum Gasteiger partial charge on any atom is 0.407 e. The van der Waals surface area contributed by atoms with Gasteiger partial charge in [-0.2, -0.15) is 0 Å². The summed E-state index contributed by atoms with van der Waals surface area (Å²) < 4.78 is 16.5. The highest BCUT2D eigenvalue weighted by atomic mass is 32.1. The van der Waals surface area contributed by atoms with E-state index in [-0.39, 0.29) is 19.1 Å². The number of nitrogens with one attached hydrogen (secondary N) is 1. The Morgan fingerprint density at radius 1 is 1.24 bits per heavy atom. The number of ether oxygens (including phenoxy) is 3. The highest BCUT2D eigenvalue weighted by Crippen LogP contribution is 2.27. The van der Waals surface area contributed by atoms with Crippen LogP contribution in [0.2, 0.25) is 0 Å². The molecule has 2 aromatic rings. The van der Waals surface area contributed by atoms with Crippen LogP contribution in [-0.2, 0) is 33.7 Å². The quantitative estimate of drug-likeness (QED) is 0.491. The molecular formula is C24H33N3O6S. The number of amides is 1. The zero-order valence-electron chi connectivity index (χ0n) is 20.0. The van der Waals surface area contributed by atoms with E-state index in [4.69, 9.17) is 24.3 Å². The Morgan fingerprint density at radius 3 is 2.71 bits per heavy atom. The van der Waals surface area contributed by atoms with Crippen LogP contribution in [0.1, 0.15) is 42.0 Å². The molecule has 2 heterocycles. The number of hydrogen-bond acceptors (Lipinski definition) is 8. The van der Waals surface area contributed by atoms with Gasteiger partial charge in [0.25, 0.3) is 0 Å². The van der Waals surface area contributed by atoms with Crippen molar-refractivity contribution in [1.29, 1.82) is 0 Å². The summed E-state index contributed by atoms with van der Waals surface area (Å²) in [6.07, 6.45) is 0.327. The molecule has 1 aromatic carbocycles. The third-order valence-electron chi connectivity index (χ3n) is 5.32. The van der Waals surface area contributed by atoms with Crippen molar-refractivity contribution < 1.29 is 28.9 Å². The van der Waals surface area contributed by atoms with Gasteiger partial charge < -0.3 is 29.5 Å². The molecule has 0 atom stereocenters. The van der Waals surface area contributed by atoms with Crippen LogP contribution in [0.4, 0.5) is 9.93 Å². The van der Waals surface area contributed by atoms with E-state index in [1.807, 2.05) is 18.2 Å². The summed E-state index contributed by atoms with van der Waals surface area (Å²) in [5, 5.41) is 12.8. The Bertz CT molecular complexity index is 972. The molecule has 0 saturated carbocycles. The number of aliphatic carboxylic acids is 1. The second kappa shape index (κ2) is 12.6. The van der Waals surface area contributed by atoms with E-state index >= 15 is 0 Å². The number of aromatic nitrogens is 1. The molecule has 1 aliphatic heterocycles. The molecule has 0 unspecified atom stereocenters. The van der Waals surface area contributed by atoms with E-state index in [9.17, 15) is 9.59 Å². The number of anilines is 1. The highest BCUT2D eigenvalue weighted by molar-refractivity contribution is 7.15. The number of carbonyl (C=O) groups excluding carboxylic acids is 1. The van der Waals surface area contributed by atoms with Gasteiger partial charge in [-0.05, 0) is 50.5 Å². The van der Waals surface area contributed by atoms with Gasteiger partial charge in [0.15, 0.2) is 5.13 Å². The Morgan fingerprint density at radius 2 is 2.00 bits per heavy atom. The third kappa shape index (κ3) is 7.88. The predicted octanol–water partition coefficient (Wildman–Crippen LogP) is 3.56. The van der Waals surface area contributed by atoms with Gasteiger partial charge in [-0.15, -0.1) is 11.3 Å². The van der Waals surface area contributed by atoms with Gasteiger partial charge in [0.05, 0.1) is 31.6 Å². The standard InChI is InChI=1S/C24H33N3O6S/c1-16(2)33-24(30)25-15-19-14-20(6-4-18(19)5-7-22(28)29)32-11-8-21-17(3)34-23(26-21)27-9-12-31-13-10-27/h4,6,14,16H,5,7-13,15H2,1-3H3,(H,25,30)(H,28,29). The van der Waals surface area contributed by atoms with Crippen molar-refractivity contribution in [1.82, 2.24) is 10.3 Å². The fraction of sp³-hybridized carbons (Fsp3) is 0.542. The van der Waals surface area contributed by atoms with E-state index in [1.54, 1.807) is 25.2 Å². The lowest BCUT2D eigenvalue weighted by atomic mass is 10.0. The Hall–Kier alpha value is -2.85. The molecule has 186 valence electrons. The minimum atomic E-state index is -0.867. The number of carboxylic acids is 1. The summed E-state index contributed by atoms with van der Waals surface area (Å²) in [6.45, 7) is 9.50. The lowest BCUT2D eigenvalue weighted by Crippen LogP contribution is -2.36. The Kier molecular flexibility index (Phi) is 9.52. The fourth-order valence-corrected chi connectivity index (χ4v) is 4.57. The van der Waals surface area contributed by atoms with Gasteiger partial charge in [-0.25, -0.2) is 9.78 Å². The monoisotopic (exact) mass is 491 g/mol. The molecule has 0 aliphatic carbocycles. The van der Waals surface area contributed by atoms with Crippen LogP contribution < -0.4 is 15.0 Å². The summed E-state index contributed by atoms with van der Waals surface area (Å²) >= 11 is 1.70. The second-order valence-corrected chi connectivity index (χ2v) is 9.51. The average molecular weight is 492 g/mol. The molecule has 1 fully saturated rings. The fourth-order valence-electron chi connectivity index (χ4n) is 3.57. The average Bonchev–Trinajstić information content (AvgIpc) is 3.17. The van der Waals surface area contributed by atoms with Gasteiger partial charge in [-0.3, -0.25) is 4.79 Å². The number of thiazole rings is 1. The second-order valence-electron chi connectivity index (χ2n) is 8.33. The molecule has 0 spiro atoms. The van der Waals surface area contributed by atoms with Crippen molar-refractivity contribution in [2.45, 2.75) is 52.7 Å². The van der Waals surface area contributed by atoms with Crippen LogP contribution in [0.25, 0.3) is 0 Å². The number of carbonyl (C=O) groups is 2. The van der Waals surface area contributed by atoms with E-state index in [0.29, 0.717) is 25.2 Å². The SMILES string of the molecule is Cc1sc(N2CCOCC2)nc1CCOc1ccc(CCC(=O)O)c(CNC(=O)OC(C)C)c1. The molecule has 1 aliphatic rings. The van der Waals surface area contributed by atoms with Crippen molar-refractivity contribution in [3.8, 4) is 5.75 Å². The number of nitrogens with zero attached hydrogens (tertiary/aromatic N) is 2. The molecule has 0 bridgehead atoms. The van der Waals surface area contributed by atoms with E-state index in [2.05, 4.69) is 17.1 Å². The zero-order valence-corrected chi connectivity index (χ0v) is 20.8. The first-order chi connectivity index (χ1) is 16.3. The van der Waals surface area contributed by atoms with Gasteiger partial charge in [0.2, 0.25) is 0 Å². The number of hydrogen-bond donors (Lipinski definition) is 2. The van der Waals surface area contributed by atoms with Crippen LogP contribution in [0.15, 0.2) is 18.2 Å².